The number of hydrogen-bond donors (Lipinski definition) is 2. The summed E-state index contributed by atoms with van der Waals surface area (Å²) in [5.41, 5.74) is 0. The van der Waals surface area contributed by atoms with Gasteiger partial charge in [-0.05, 0) is 32.7 Å². The maximum Gasteiger partial charge on any atom is 0.244 e. The van der Waals surface area contributed by atoms with E-state index >= 15 is 0 Å². The average Bonchev–Trinajstić information content (AvgIpc) is 2.71. The minimum Gasteiger partial charge on any atom is -0.464 e. The van der Waals surface area contributed by atoms with Gasteiger partial charge >= 0.3 is 0 Å². The molecule has 0 amide bonds. The Kier molecular flexibility index (Phi) is 6.23. The van der Waals surface area contributed by atoms with Crippen LogP contribution in [-0.2, 0) is 16.6 Å². The van der Waals surface area contributed by atoms with Crippen molar-refractivity contribution in [2.24, 2.45) is 5.92 Å². The lowest BCUT2D eigenvalue weighted by atomic mass is 10.1. The van der Waals surface area contributed by atoms with Crippen molar-refractivity contribution in [1.82, 2.24) is 10.0 Å². The normalized spacial score (nSPS) is 13.9. The molecule has 0 aliphatic carbocycles. The van der Waals surface area contributed by atoms with Crippen LogP contribution < -0.4 is 10.0 Å². The summed E-state index contributed by atoms with van der Waals surface area (Å²) in [5, 5.41) is 3.19. The first-order valence-corrected chi connectivity index (χ1v) is 8.58. The molecule has 1 atom stereocenters. The quantitative estimate of drug-likeness (QED) is 0.723. The number of furan rings is 1. The summed E-state index contributed by atoms with van der Waals surface area (Å²) in [4.78, 5) is 0.235. The molecule has 116 valence electrons. The highest BCUT2D eigenvalue weighted by molar-refractivity contribution is 7.89. The van der Waals surface area contributed by atoms with E-state index in [1.54, 1.807) is 13.0 Å². The van der Waals surface area contributed by atoms with Crippen molar-refractivity contribution in [1.29, 1.82) is 0 Å². The predicted octanol–water partition coefficient (Wildman–Crippen LogP) is 2.41. The molecule has 0 spiro atoms. The van der Waals surface area contributed by atoms with E-state index < -0.39 is 10.0 Å². The van der Waals surface area contributed by atoms with Crippen LogP contribution in [0.4, 0.5) is 0 Å². The van der Waals surface area contributed by atoms with Crippen molar-refractivity contribution < 1.29 is 12.8 Å². The Labute approximate surface area is 122 Å². The lowest BCUT2D eigenvalue weighted by molar-refractivity contribution is 0.454. The van der Waals surface area contributed by atoms with Gasteiger partial charge in [0.2, 0.25) is 10.0 Å². The average molecular weight is 302 g/mol. The fourth-order valence-electron chi connectivity index (χ4n) is 1.71. The standard InChI is InChI=1S/C14H26N2O3S/c1-6-7-15-9-13-8-14(12(5)19-13)20(17,18)16-11(4)10(2)3/h8,10-11,15-16H,6-7,9H2,1-5H3. The molecule has 2 N–H and O–H groups in total. The number of aryl methyl sites for hydroxylation is 1. The van der Waals surface area contributed by atoms with Gasteiger partial charge in [-0.15, -0.1) is 0 Å². The largest absolute Gasteiger partial charge is 0.464 e. The Morgan fingerprint density at radius 1 is 1.30 bits per heavy atom. The molecule has 0 radical (unpaired) electrons. The van der Waals surface area contributed by atoms with E-state index in [1.807, 2.05) is 20.8 Å². The topological polar surface area (TPSA) is 71.3 Å². The van der Waals surface area contributed by atoms with E-state index in [4.69, 9.17) is 4.42 Å². The second kappa shape index (κ2) is 7.24. The Hall–Kier alpha value is -0.850. The number of sulfonamides is 1. The highest BCUT2D eigenvalue weighted by Gasteiger charge is 2.24. The van der Waals surface area contributed by atoms with Gasteiger partial charge in [0.05, 0.1) is 6.54 Å². The number of rotatable bonds is 8. The summed E-state index contributed by atoms with van der Waals surface area (Å²) in [7, 11) is -3.52. The minimum absolute atomic E-state index is 0.115. The van der Waals surface area contributed by atoms with Gasteiger partial charge in [-0.2, -0.15) is 0 Å². The number of hydrogen-bond acceptors (Lipinski definition) is 4. The fraction of sp³-hybridized carbons (Fsp3) is 0.714. The van der Waals surface area contributed by atoms with Gasteiger partial charge in [-0.25, -0.2) is 13.1 Å². The molecule has 5 nitrogen and oxygen atoms in total. The van der Waals surface area contributed by atoms with Crippen LogP contribution in [-0.4, -0.2) is 21.0 Å². The first kappa shape index (κ1) is 17.2. The third-order valence-electron chi connectivity index (χ3n) is 3.28. The SMILES string of the molecule is CCCNCc1cc(S(=O)(=O)NC(C)C(C)C)c(C)o1. The zero-order valence-electron chi connectivity index (χ0n) is 13.0. The van der Waals surface area contributed by atoms with Crippen molar-refractivity contribution in [3.8, 4) is 0 Å². The third kappa shape index (κ3) is 4.61. The maximum absolute atomic E-state index is 12.3. The molecule has 0 aliphatic heterocycles. The van der Waals surface area contributed by atoms with Crippen molar-refractivity contribution in [2.75, 3.05) is 6.54 Å². The fourth-order valence-corrected chi connectivity index (χ4v) is 3.31. The van der Waals surface area contributed by atoms with Crippen molar-refractivity contribution in [3.05, 3.63) is 17.6 Å². The van der Waals surface area contributed by atoms with Crippen LogP contribution in [0.25, 0.3) is 0 Å². The second-order valence-corrected chi connectivity index (χ2v) is 7.15. The Balaban J connectivity index is 2.84. The van der Waals surface area contributed by atoms with E-state index in [9.17, 15) is 8.42 Å². The highest BCUT2D eigenvalue weighted by atomic mass is 32.2. The molecule has 0 aliphatic rings. The first-order valence-electron chi connectivity index (χ1n) is 7.10. The summed E-state index contributed by atoms with van der Waals surface area (Å²) in [5.74, 6) is 1.32. The van der Waals surface area contributed by atoms with Crippen LogP contribution in [0.15, 0.2) is 15.4 Å². The molecule has 1 aromatic heterocycles. The molecular weight excluding hydrogens is 276 g/mol. The van der Waals surface area contributed by atoms with Crippen LogP contribution in [0.5, 0.6) is 0 Å². The molecule has 0 saturated carbocycles. The van der Waals surface area contributed by atoms with Gasteiger partial charge in [0.15, 0.2) is 0 Å². The summed E-state index contributed by atoms with van der Waals surface area (Å²) in [6.45, 7) is 11.0. The minimum atomic E-state index is -3.52. The Bertz CT molecular complexity index is 521. The molecule has 1 aromatic rings. The molecule has 20 heavy (non-hydrogen) atoms. The molecule has 1 unspecified atom stereocenters. The van der Waals surface area contributed by atoms with Crippen molar-refractivity contribution in [2.45, 2.75) is 58.5 Å². The Morgan fingerprint density at radius 2 is 1.95 bits per heavy atom. The Morgan fingerprint density at radius 3 is 2.50 bits per heavy atom. The third-order valence-corrected chi connectivity index (χ3v) is 4.95. The van der Waals surface area contributed by atoms with Crippen molar-refractivity contribution >= 4 is 10.0 Å². The lowest BCUT2D eigenvalue weighted by Gasteiger charge is -2.16. The van der Waals surface area contributed by atoms with Gasteiger partial charge in [0.1, 0.15) is 16.4 Å². The predicted molar refractivity (Wildman–Crippen MR) is 80.1 cm³/mol. The van der Waals surface area contributed by atoms with E-state index in [0.29, 0.717) is 18.1 Å². The van der Waals surface area contributed by atoms with Crippen LogP contribution in [0, 0.1) is 12.8 Å². The summed E-state index contributed by atoms with van der Waals surface area (Å²) >= 11 is 0. The molecule has 1 heterocycles. The molecule has 1 rings (SSSR count). The summed E-state index contributed by atoms with van der Waals surface area (Å²) in [6.07, 6.45) is 1.03. The van der Waals surface area contributed by atoms with Crippen LogP contribution in [0.1, 0.15) is 45.6 Å². The van der Waals surface area contributed by atoms with Crippen LogP contribution in [0.2, 0.25) is 0 Å². The molecule has 0 bridgehead atoms. The molecular formula is C14H26N2O3S. The second-order valence-electron chi connectivity index (χ2n) is 5.46. The monoisotopic (exact) mass is 302 g/mol. The lowest BCUT2D eigenvalue weighted by Crippen LogP contribution is -2.36. The zero-order valence-corrected chi connectivity index (χ0v) is 13.8. The van der Waals surface area contributed by atoms with Gasteiger partial charge in [0, 0.05) is 12.1 Å². The van der Waals surface area contributed by atoms with E-state index in [1.165, 1.54) is 0 Å². The van der Waals surface area contributed by atoms with Gasteiger partial charge in [-0.3, -0.25) is 0 Å². The van der Waals surface area contributed by atoms with E-state index in [2.05, 4.69) is 17.0 Å². The highest BCUT2D eigenvalue weighted by Crippen LogP contribution is 2.20. The van der Waals surface area contributed by atoms with Gasteiger partial charge < -0.3 is 9.73 Å². The van der Waals surface area contributed by atoms with Gasteiger partial charge in [0.25, 0.3) is 0 Å². The molecule has 0 aromatic carbocycles. The molecule has 0 fully saturated rings. The molecule has 0 saturated heterocycles. The van der Waals surface area contributed by atoms with E-state index in [-0.39, 0.29) is 16.9 Å². The van der Waals surface area contributed by atoms with E-state index in [0.717, 1.165) is 13.0 Å². The zero-order chi connectivity index (χ0) is 15.3. The van der Waals surface area contributed by atoms with Gasteiger partial charge in [-0.1, -0.05) is 20.8 Å². The first-order chi connectivity index (χ1) is 9.27. The maximum atomic E-state index is 12.3. The van der Waals surface area contributed by atoms with Crippen molar-refractivity contribution in [3.63, 3.8) is 0 Å². The smallest absolute Gasteiger partial charge is 0.244 e. The molecule has 6 heteroatoms. The summed E-state index contributed by atoms with van der Waals surface area (Å²) in [6, 6.07) is 1.49. The van der Waals surface area contributed by atoms with Crippen LogP contribution >= 0.6 is 0 Å². The number of nitrogens with one attached hydrogen (secondary N) is 2. The van der Waals surface area contributed by atoms with Crippen LogP contribution in [0.3, 0.4) is 0 Å². The summed E-state index contributed by atoms with van der Waals surface area (Å²) < 4.78 is 32.8.